The van der Waals surface area contributed by atoms with Crippen molar-refractivity contribution < 1.29 is 13.2 Å². The first-order valence-electron chi connectivity index (χ1n) is 8.51. The largest absolute Gasteiger partial charge is 0.451 e. The van der Waals surface area contributed by atoms with Gasteiger partial charge in [0.1, 0.15) is 5.03 Å². The first-order valence-corrected chi connectivity index (χ1v) is 10.2. The van der Waals surface area contributed by atoms with Gasteiger partial charge in [-0.15, -0.1) is 21.5 Å². The molecule has 10 heteroatoms. The average molecular weight is 419 g/mol. The quantitative estimate of drug-likeness (QED) is 0.412. The maximum Gasteiger partial charge on any atom is 0.451 e. The summed E-state index contributed by atoms with van der Waals surface area (Å²) in [5.41, 5.74) is 0.253. The maximum atomic E-state index is 13.3. The highest BCUT2D eigenvalue weighted by atomic mass is 32.2. The highest BCUT2D eigenvalue weighted by molar-refractivity contribution is 7.99. The maximum absolute atomic E-state index is 13.3. The molecule has 3 aromatic heterocycles. The van der Waals surface area contributed by atoms with Crippen LogP contribution in [0.15, 0.2) is 52.0 Å². The number of halogens is 3. The fourth-order valence-electron chi connectivity index (χ4n) is 2.92. The number of fused-ring (bicyclic) bond motifs is 1. The van der Waals surface area contributed by atoms with E-state index in [0.717, 1.165) is 35.3 Å². The van der Waals surface area contributed by atoms with Gasteiger partial charge in [0.25, 0.3) is 0 Å². The summed E-state index contributed by atoms with van der Waals surface area (Å²) in [4.78, 5) is 8.46. The number of benzene rings is 1. The van der Waals surface area contributed by atoms with Crippen LogP contribution in [0.2, 0.25) is 0 Å². The van der Waals surface area contributed by atoms with Gasteiger partial charge in [-0.2, -0.15) is 13.2 Å². The molecule has 1 aliphatic rings. The van der Waals surface area contributed by atoms with Gasteiger partial charge in [0, 0.05) is 11.4 Å². The molecule has 3 heterocycles. The third-order valence-corrected chi connectivity index (χ3v) is 6.16. The number of para-hydroxylation sites is 1. The van der Waals surface area contributed by atoms with Crippen LogP contribution in [-0.2, 0) is 6.18 Å². The lowest BCUT2D eigenvalue weighted by Gasteiger charge is -2.11. The molecule has 5 nitrogen and oxygen atoms in total. The molecule has 0 bridgehead atoms. The summed E-state index contributed by atoms with van der Waals surface area (Å²) in [6.45, 7) is 0. The van der Waals surface area contributed by atoms with Crippen molar-refractivity contribution in [3.63, 3.8) is 0 Å². The van der Waals surface area contributed by atoms with E-state index in [9.17, 15) is 13.2 Å². The lowest BCUT2D eigenvalue weighted by molar-refractivity contribution is -0.145. The van der Waals surface area contributed by atoms with E-state index in [-0.39, 0.29) is 16.6 Å². The number of rotatable bonds is 4. The summed E-state index contributed by atoms with van der Waals surface area (Å²) in [6, 6.07) is 10.9. The Bertz CT molecular complexity index is 1150. The second-order valence-electron chi connectivity index (χ2n) is 6.35. The molecule has 1 saturated carbocycles. The lowest BCUT2D eigenvalue weighted by Crippen LogP contribution is -2.12. The van der Waals surface area contributed by atoms with E-state index >= 15 is 0 Å². The van der Waals surface area contributed by atoms with Gasteiger partial charge < -0.3 is 0 Å². The molecule has 1 aromatic carbocycles. The number of aromatic nitrogens is 5. The Hall–Kier alpha value is -2.46. The highest BCUT2D eigenvalue weighted by Crippen LogP contribution is 2.43. The highest BCUT2D eigenvalue weighted by Gasteiger charge is 2.36. The summed E-state index contributed by atoms with van der Waals surface area (Å²) in [5.74, 6) is -0.404. The monoisotopic (exact) mass is 419 g/mol. The van der Waals surface area contributed by atoms with Crippen molar-refractivity contribution in [2.24, 2.45) is 0 Å². The van der Waals surface area contributed by atoms with Crippen LogP contribution < -0.4 is 0 Å². The number of nitrogens with zero attached hydrogens (tertiary/aromatic N) is 5. The van der Waals surface area contributed by atoms with Crippen LogP contribution in [0.1, 0.15) is 24.7 Å². The third-order valence-electron chi connectivity index (χ3n) is 4.33. The van der Waals surface area contributed by atoms with Crippen LogP contribution in [0.4, 0.5) is 13.2 Å². The molecule has 5 rings (SSSR count). The normalized spacial score (nSPS) is 14.7. The van der Waals surface area contributed by atoms with Gasteiger partial charge in [0.2, 0.25) is 5.82 Å². The summed E-state index contributed by atoms with van der Waals surface area (Å²) in [6.07, 6.45) is -2.61. The molecule has 28 heavy (non-hydrogen) atoms. The zero-order valence-electron chi connectivity index (χ0n) is 14.2. The third kappa shape index (κ3) is 3.16. The van der Waals surface area contributed by atoms with Crippen LogP contribution in [0, 0.1) is 0 Å². The molecule has 142 valence electrons. The van der Waals surface area contributed by atoms with Gasteiger partial charge in [0.15, 0.2) is 11.0 Å². The van der Waals surface area contributed by atoms with Gasteiger partial charge in [-0.25, -0.2) is 9.97 Å². The number of hydrogen-bond acceptors (Lipinski definition) is 6. The fourth-order valence-corrected chi connectivity index (χ4v) is 4.63. The van der Waals surface area contributed by atoms with Crippen LogP contribution in [-0.4, -0.2) is 24.7 Å². The van der Waals surface area contributed by atoms with Crippen molar-refractivity contribution in [1.29, 1.82) is 0 Å². The summed E-state index contributed by atoms with van der Waals surface area (Å²) in [5, 5.41) is 11.9. The molecule has 0 spiro atoms. The number of thiophene rings is 1. The minimum absolute atomic E-state index is 0.227. The first kappa shape index (κ1) is 17.6. The second kappa shape index (κ2) is 6.56. The molecule has 0 saturated heterocycles. The fraction of sp³-hybridized carbons (Fsp3) is 0.222. The molecule has 1 fully saturated rings. The predicted octanol–water partition coefficient (Wildman–Crippen LogP) is 5.45. The Morgan fingerprint density at radius 1 is 1.04 bits per heavy atom. The van der Waals surface area contributed by atoms with E-state index in [0.29, 0.717) is 10.5 Å². The Balaban J connectivity index is 1.63. The van der Waals surface area contributed by atoms with Gasteiger partial charge >= 0.3 is 6.18 Å². The van der Waals surface area contributed by atoms with E-state index in [4.69, 9.17) is 0 Å². The van der Waals surface area contributed by atoms with E-state index in [1.165, 1.54) is 0 Å². The second-order valence-corrected chi connectivity index (χ2v) is 8.26. The lowest BCUT2D eigenvalue weighted by atomic mass is 10.2. The van der Waals surface area contributed by atoms with Crippen molar-refractivity contribution in [3.8, 4) is 10.7 Å². The molecule has 1 aliphatic carbocycles. The van der Waals surface area contributed by atoms with Crippen molar-refractivity contribution in [3.05, 3.63) is 47.6 Å². The van der Waals surface area contributed by atoms with Crippen LogP contribution in [0.3, 0.4) is 0 Å². The van der Waals surface area contributed by atoms with Crippen LogP contribution in [0.5, 0.6) is 0 Å². The number of hydrogen-bond donors (Lipinski definition) is 0. The Morgan fingerprint density at radius 3 is 2.57 bits per heavy atom. The molecule has 4 aromatic rings. The molecule has 0 atom stereocenters. The van der Waals surface area contributed by atoms with Crippen molar-refractivity contribution in [1.82, 2.24) is 24.7 Å². The van der Waals surface area contributed by atoms with Crippen molar-refractivity contribution in [2.75, 3.05) is 0 Å². The van der Waals surface area contributed by atoms with Crippen LogP contribution >= 0.6 is 23.1 Å². The van der Waals surface area contributed by atoms with Gasteiger partial charge in [-0.1, -0.05) is 24.3 Å². The topological polar surface area (TPSA) is 56.5 Å². The van der Waals surface area contributed by atoms with Gasteiger partial charge in [-0.3, -0.25) is 4.57 Å². The van der Waals surface area contributed by atoms with Crippen LogP contribution in [0.25, 0.3) is 21.6 Å². The Labute approximate surface area is 165 Å². The zero-order chi connectivity index (χ0) is 19.3. The van der Waals surface area contributed by atoms with Crippen molar-refractivity contribution >= 4 is 34.0 Å². The summed E-state index contributed by atoms with van der Waals surface area (Å²) < 4.78 is 41.8. The summed E-state index contributed by atoms with van der Waals surface area (Å²) in [7, 11) is 0. The average Bonchev–Trinajstić information content (AvgIpc) is 3.19. The first-order chi connectivity index (χ1) is 13.5. The molecule has 0 radical (unpaired) electrons. The zero-order valence-corrected chi connectivity index (χ0v) is 15.9. The molecule has 0 unspecified atom stereocenters. The number of alkyl halides is 3. The van der Waals surface area contributed by atoms with E-state index in [1.54, 1.807) is 35.6 Å². The molecule has 0 amide bonds. The minimum Gasteiger partial charge on any atom is -0.298 e. The van der Waals surface area contributed by atoms with E-state index < -0.39 is 12.0 Å². The Kier molecular flexibility index (Phi) is 4.13. The van der Waals surface area contributed by atoms with Gasteiger partial charge in [-0.05, 0) is 42.1 Å². The SMILES string of the molecule is FC(F)(F)c1nc(Sc2nnc(-c3cccs3)n2C2CC2)c2ccccc2n1. The smallest absolute Gasteiger partial charge is 0.298 e. The summed E-state index contributed by atoms with van der Waals surface area (Å²) >= 11 is 2.66. The van der Waals surface area contributed by atoms with E-state index in [2.05, 4.69) is 20.2 Å². The Morgan fingerprint density at radius 2 is 1.86 bits per heavy atom. The van der Waals surface area contributed by atoms with E-state index in [1.807, 2.05) is 22.1 Å². The minimum atomic E-state index is -4.62. The molecule has 0 N–H and O–H groups in total. The molecule has 0 aliphatic heterocycles. The van der Waals surface area contributed by atoms with Gasteiger partial charge in [0.05, 0.1) is 10.4 Å². The van der Waals surface area contributed by atoms with Crippen molar-refractivity contribution in [2.45, 2.75) is 35.2 Å². The standard InChI is InChI=1S/C18H12F3N5S2/c19-18(20,21)16-22-12-5-2-1-4-11(12)15(23-16)28-17-25-24-14(13-6-3-9-27-13)26(17)10-7-8-10/h1-6,9-10H,7-8H2. The molecular formula is C18H12F3N5S2. The molecular weight excluding hydrogens is 407 g/mol. The predicted molar refractivity (Wildman–Crippen MR) is 100 cm³/mol.